The summed E-state index contributed by atoms with van der Waals surface area (Å²) in [4.78, 5) is 74.0. The number of unbranched alkanes of at least 4 members (excludes halogenated alkanes) is 30. The van der Waals surface area contributed by atoms with E-state index in [1.54, 1.807) is 38.1 Å². The molecule has 0 fully saturated rings. The first-order valence-electron chi connectivity index (χ1n) is 41.1. The lowest BCUT2D eigenvalue weighted by molar-refractivity contribution is -0.385. The first-order chi connectivity index (χ1) is 52.1. The van der Waals surface area contributed by atoms with Gasteiger partial charge in [-0.2, -0.15) is 20.5 Å². The number of benzene rings is 4. The predicted molar refractivity (Wildman–Crippen MR) is 442 cm³/mol. The molecule has 0 aromatic heterocycles. The number of nitrogens with zero attached hydrogens (tertiary/aromatic N) is 8. The Morgan fingerprint density at radius 2 is 0.593 bits per heavy atom. The van der Waals surface area contributed by atoms with Gasteiger partial charge >= 0.3 is 23.9 Å². The summed E-state index contributed by atoms with van der Waals surface area (Å²) in [6.07, 6.45) is 45.1. The summed E-state index contributed by atoms with van der Waals surface area (Å²) in [6.45, 7) is 31.1. The highest BCUT2D eigenvalue weighted by molar-refractivity contribution is 5.87. The van der Waals surface area contributed by atoms with Gasteiger partial charge in [0, 0.05) is 59.9 Å². The summed E-state index contributed by atoms with van der Waals surface area (Å²) in [6, 6.07) is 26.8. The monoisotopic (exact) mass is 1500 g/mol. The maximum Gasteiger partial charge on any atom is 0.333 e. The molecule has 0 heterocycles. The van der Waals surface area contributed by atoms with E-state index in [0.717, 1.165) is 43.7 Å². The zero-order chi connectivity index (χ0) is 79.5. The molecule has 0 spiro atoms. The lowest BCUT2D eigenvalue weighted by Gasteiger charge is -2.32. The molecule has 20 heteroatoms. The Morgan fingerprint density at radius 1 is 0.361 bits per heavy atom. The fraction of sp³-hybridized carbons (Fsp3) is 0.636. The van der Waals surface area contributed by atoms with Crippen molar-refractivity contribution in [2.45, 2.75) is 300 Å². The molecule has 0 aliphatic carbocycles. The first kappa shape index (κ1) is 95.9. The van der Waals surface area contributed by atoms with E-state index in [-0.39, 0.29) is 42.5 Å². The van der Waals surface area contributed by atoms with Crippen molar-refractivity contribution in [1.29, 1.82) is 0 Å². The van der Waals surface area contributed by atoms with Crippen LogP contribution < -0.4 is 9.80 Å². The third-order valence-electron chi connectivity index (χ3n) is 20.0. The van der Waals surface area contributed by atoms with Crippen molar-refractivity contribution in [3.05, 3.63) is 142 Å². The molecular formula is C88H138N8O12. The van der Waals surface area contributed by atoms with Crippen molar-refractivity contribution in [3.63, 3.8) is 0 Å². The Balaban J connectivity index is 0.000000629. The molecule has 0 saturated heterocycles. The van der Waals surface area contributed by atoms with Gasteiger partial charge in [0.25, 0.3) is 11.4 Å². The second-order valence-corrected chi connectivity index (χ2v) is 29.2. The van der Waals surface area contributed by atoms with Gasteiger partial charge in [-0.25, -0.2) is 9.59 Å². The summed E-state index contributed by atoms with van der Waals surface area (Å²) in [5, 5.41) is 38.1. The Bertz CT molecular complexity index is 3180. The highest BCUT2D eigenvalue weighted by Gasteiger charge is 2.39. The number of rotatable bonds is 59. The Hall–Kier alpha value is -8.16. The van der Waals surface area contributed by atoms with E-state index in [2.05, 4.69) is 57.3 Å². The van der Waals surface area contributed by atoms with Gasteiger partial charge < -0.3 is 28.7 Å². The molecule has 0 saturated carbocycles. The number of carbonyl (C=O) groups is 4. The first-order valence-corrected chi connectivity index (χ1v) is 41.1. The van der Waals surface area contributed by atoms with E-state index < -0.39 is 26.6 Å². The molecule has 0 bridgehead atoms. The average molecular weight is 1500 g/mol. The van der Waals surface area contributed by atoms with E-state index >= 15 is 0 Å². The summed E-state index contributed by atoms with van der Waals surface area (Å²) in [5.74, 6) is -1.04. The number of azo groups is 2. The van der Waals surface area contributed by atoms with Crippen molar-refractivity contribution in [2.75, 3.05) is 62.4 Å². The normalized spacial score (nSPS) is 12.2. The molecule has 4 aromatic rings. The number of hydrogen-bond donors (Lipinski definition) is 0. The van der Waals surface area contributed by atoms with Crippen LogP contribution in [0.1, 0.15) is 300 Å². The number of nitro benzene ring substituents is 2. The number of anilines is 2. The van der Waals surface area contributed by atoms with E-state index in [0.29, 0.717) is 85.9 Å². The Morgan fingerprint density at radius 3 is 0.843 bits per heavy atom. The van der Waals surface area contributed by atoms with Crippen molar-refractivity contribution in [3.8, 4) is 0 Å². The topological polar surface area (TPSA) is 247 Å². The van der Waals surface area contributed by atoms with Crippen molar-refractivity contribution in [2.24, 2.45) is 31.3 Å². The number of hydrogen-bond acceptors (Lipinski definition) is 18. The summed E-state index contributed by atoms with van der Waals surface area (Å²) < 4.78 is 21.8. The minimum atomic E-state index is -0.696. The minimum absolute atomic E-state index is 0.00482. The highest BCUT2D eigenvalue weighted by atomic mass is 16.6. The fourth-order valence-corrected chi connectivity index (χ4v) is 12.0. The number of ether oxygens (including phenoxy) is 4. The standard InChI is InChI=1S/C46H74N4O6.C22H42O2.C20H22N4O4/c1-7-11-12-13-14-15-16-17-18-19-20-21-22-23-24-25-37-55-43(51)45(5,8-2)34-35-46(6,9-3)44(52)56-38-36-49(10-4)41-30-26-39(27-31-41)47-48-40-28-32-42(33-29-40)50(53)54;1-4-5-6-7-8-9-10-11-12-13-14-15-16-17-18-19-20-24-22(23)21(2)3;1-4-23(13-14-28-20(25)15(2)3)18-9-5-16(6-10-18)21-22-17-7-11-19(12-8-17)24(26)27/h26-33H,7-25,34-38H2,1-6H3;2,4-20H2,1,3H3;5-12H,2,4,13-14H2,1,3H3. The maximum atomic E-state index is 13.4. The number of carbonyl (C=O) groups excluding carboxylic acids is 4. The largest absolute Gasteiger partial charge is 0.465 e. The van der Waals surface area contributed by atoms with Gasteiger partial charge in [0.05, 0.1) is 69.7 Å². The molecule has 0 aliphatic heterocycles. The van der Waals surface area contributed by atoms with Gasteiger partial charge in [0.2, 0.25) is 0 Å². The van der Waals surface area contributed by atoms with Crippen LogP contribution in [-0.2, 0) is 38.1 Å². The van der Waals surface area contributed by atoms with Crippen molar-refractivity contribution < 1.29 is 48.0 Å². The van der Waals surface area contributed by atoms with Gasteiger partial charge in [0.1, 0.15) is 13.2 Å². The van der Waals surface area contributed by atoms with Crippen LogP contribution >= 0.6 is 0 Å². The molecule has 108 heavy (non-hydrogen) atoms. The van der Waals surface area contributed by atoms with Crippen LogP contribution in [0.15, 0.2) is 142 Å². The van der Waals surface area contributed by atoms with Gasteiger partial charge in [-0.1, -0.05) is 233 Å². The second kappa shape index (κ2) is 59.7. The summed E-state index contributed by atoms with van der Waals surface area (Å²) in [5.41, 5.74) is 3.86. The minimum Gasteiger partial charge on any atom is -0.465 e. The zero-order valence-corrected chi connectivity index (χ0v) is 68.2. The Kier molecular flexibility index (Phi) is 53.1. The summed E-state index contributed by atoms with van der Waals surface area (Å²) in [7, 11) is 0. The maximum absolute atomic E-state index is 13.4. The molecule has 20 nitrogen and oxygen atoms in total. The third kappa shape index (κ3) is 43.7. The molecule has 0 N–H and O–H groups in total. The molecule has 4 rings (SSSR count). The van der Waals surface area contributed by atoms with E-state index in [1.165, 1.54) is 210 Å². The van der Waals surface area contributed by atoms with Crippen LogP contribution in [0.4, 0.5) is 45.5 Å². The average Bonchev–Trinajstić information content (AvgIpc) is 0.852. The number of likely N-dealkylation sites (N-methyl/N-ethyl adjacent to an activating group) is 2. The van der Waals surface area contributed by atoms with Crippen LogP contribution in [0.5, 0.6) is 0 Å². The summed E-state index contributed by atoms with van der Waals surface area (Å²) >= 11 is 0. The van der Waals surface area contributed by atoms with Gasteiger partial charge in [-0.05, 0) is 153 Å². The van der Waals surface area contributed by atoms with E-state index in [9.17, 15) is 39.4 Å². The van der Waals surface area contributed by atoms with Crippen LogP contribution in [0.25, 0.3) is 0 Å². The molecule has 0 amide bonds. The zero-order valence-electron chi connectivity index (χ0n) is 68.2. The quantitative estimate of drug-likeness (QED) is 0.00759. The van der Waals surface area contributed by atoms with Crippen LogP contribution in [0.2, 0.25) is 0 Å². The van der Waals surface area contributed by atoms with E-state index in [1.807, 2.05) is 90.1 Å². The third-order valence-corrected chi connectivity index (χ3v) is 20.0. The van der Waals surface area contributed by atoms with Crippen molar-refractivity contribution in [1.82, 2.24) is 0 Å². The lowest BCUT2D eigenvalue weighted by Crippen LogP contribution is -2.36. The van der Waals surface area contributed by atoms with Crippen LogP contribution in [0, 0.1) is 31.1 Å². The molecule has 0 aliphatic rings. The highest BCUT2D eigenvalue weighted by Crippen LogP contribution is 2.38. The van der Waals surface area contributed by atoms with Gasteiger partial charge in [0.15, 0.2) is 0 Å². The molecule has 4 aromatic carbocycles. The Labute approximate surface area is 649 Å². The molecule has 0 radical (unpaired) electrons. The second-order valence-electron chi connectivity index (χ2n) is 29.2. The number of nitro groups is 2. The molecule has 2 atom stereocenters. The van der Waals surface area contributed by atoms with Gasteiger partial charge in [-0.3, -0.25) is 29.8 Å². The fourth-order valence-electron chi connectivity index (χ4n) is 12.0. The number of non-ortho nitro benzene ring substituents is 2. The molecule has 2 unspecified atom stereocenters. The van der Waals surface area contributed by atoms with Gasteiger partial charge in [-0.15, -0.1) is 0 Å². The SMILES string of the molecule is C=C(C)C(=O)OCCCCCCCCCCCCCCCCCC.C=C(C)C(=O)OCCN(CC)c1ccc(N=Nc2ccc([N+](=O)[O-])cc2)cc1.CCCCCCCCCCCCCCCCCCOC(=O)C(C)(CC)CCC(C)(CC)C(=O)OCCN(CC)c1ccc(N=Nc2ccc([N+](=O)[O-])cc2)cc1. The van der Waals surface area contributed by atoms with Crippen LogP contribution in [0.3, 0.4) is 0 Å². The molecular weight excluding hydrogens is 1360 g/mol. The predicted octanol–water partition coefficient (Wildman–Crippen LogP) is 26.1. The van der Waals surface area contributed by atoms with E-state index in [4.69, 9.17) is 18.9 Å². The lowest BCUT2D eigenvalue weighted by atomic mass is 9.74. The van der Waals surface area contributed by atoms with Crippen molar-refractivity contribution >= 4 is 69.4 Å². The number of esters is 4. The smallest absolute Gasteiger partial charge is 0.333 e. The van der Waals surface area contributed by atoms with Crippen LogP contribution in [-0.4, -0.2) is 86.3 Å². The molecule has 602 valence electrons.